The number of carboxylic acid groups (broad SMARTS) is 1. The summed E-state index contributed by atoms with van der Waals surface area (Å²) in [6, 6.07) is 24.9. The molecule has 154 valence electrons. The topological polar surface area (TPSA) is 46.5 Å². The van der Waals surface area contributed by atoms with Gasteiger partial charge in [0.05, 0.1) is 0 Å². The first-order valence-corrected chi connectivity index (χ1v) is 11.7. The Labute approximate surface area is 195 Å². The molecule has 0 aliphatic rings. The number of aliphatic carboxylic acids is 1. The molecular formula is C25H23IO3S. The smallest absolute Gasteiger partial charge is 0.341 e. The molecule has 0 fully saturated rings. The predicted octanol–water partition coefficient (Wildman–Crippen LogP) is 6.54. The van der Waals surface area contributed by atoms with Gasteiger partial charge in [0.1, 0.15) is 5.75 Å². The lowest BCUT2D eigenvalue weighted by Crippen LogP contribution is -2.09. The van der Waals surface area contributed by atoms with Crippen molar-refractivity contribution in [2.45, 2.75) is 18.2 Å². The van der Waals surface area contributed by atoms with Gasteiger partial charge in [0.25, 0.3) is 0 Å². The van der Waals surface area contributed by atoms with Gasteiger partial charge in [-0.2, -0.15) is 0 Å². The van der Waals surface area contributed by atoms with Crippen LogP contribution in [0.3, 0.4) is 0 Å². The quantitative estimate of drug-likeness (QED) is 0.252. The number of aryl methyl sites for hydroxylation is 1. The van der Waals surface area contributed by atoms with Gasteiger partial charge < -0.3 is 9.84 Å². The zero-order valence-corrected chi connectivity index (χ0v) is 19.7. The van der Waals surface area contributed by atoms with Crippen LogP contribution in [0.1, 0.15) is 23.6 Å². The Kier molecular flexibility index (Phi) is 8.39. The summed E-state index contributed by atoms with van der Waals surface area (Å²) < 4.78 is 6.30. The van der Waals surface area contributed by atoms with Gasteiger partial charge in [0.2, 0.25) is 0 Å². The second kappa shape index (κ2) is 11.2. The van der Waals surface area contributed by atoms with Crippen LogP contribution >= 0.6 is 34.4 Å². The highest BCUT2D eigenvalue weighted by Gasteiger charge is 2.08. The van der Waals surface area contributed by atoms with Gasteiger partial charge in [-0.25, -0.2) is 4.79 Å². The Morgan fingerprint density at radius 3 is 2.50 bits per heavy atom. The minimum Gasteiger partial charge on any atom is -0.482 e. The standard InChI is InChI=1S/C25H23IO3S/c1-2-18-7-6-10-20(15-18)22(19-8-4-3-5-9-19)13-14-30-24-12-11-21(16-23(24)26)29-17-25(27)28/h3-13,15-16H,2,14,17H2,1H3,(H,27,28). The fourth-order valence-electron chi connectivity index (χ4n) is 3.03. The Hall–Kier alpha value is -2.25. The first-order chi connectivity index (χ1) is 14.6. The lowest BCUT2D eigenvalue weighted by Gasteiger charge is -2.11. The molecule has 3 nitrogen and oxygen atoms in total. The van der Waals surface area contributed by atoms with E-state index in [4.69, 9.17) is 9.84 Å². The predicted molar refractivity (Wildman–Crippen MR) is 132 cm³/mol. The molecule has 0 saturated heterocycles. The van der Waals surface area contributed by atoms with Crippen molar-refractivity contribution >= 4 is 45.9 Å². The van der Waals surface area contributed by atoms with Crippen molar-refractivity contribution in [3.63, 3.8) is 0 Å². The van der Waals surface area contributed by atoms with Crippen molar-refractivity contribution < 1.29 is 14.6 Å². The summed E-state index contributed by atoms with van der Waals surface area (Å²) in [7, 11) is 0. The third-order valence-corrected chi connectivity index (χ3v) is 6.78. The van der Waals surface area contributed by atoms with E-state index in [0.717, 1.165) is 20.6 Å². The molecule has 0 amide bonds. The largest absolute Gasteiger partial charge is 0.482 e. The number of carboxylic acids is 1. The van der Waals surface area contributed by atoms with Crippen molar-refractivity contribution in [1.29, 1.82) is 0 Å². The van der Waals surface area contributed by atoms with Crippen LogP contribution in [0.4, 0.5) is 0 Å². The fraction of sp³-hybridized carbons (Fsp3) is 0.160. The highest BCUT2D eigenvalue weighted by atomic mass is 127. The maximum atomic E-state index is 10.7. The van der Waals surface area contributed by atoms with Crippen LogP contribution < -0.4 is 4.74 Å². The molecule has 3 aromatic rings. The molecule has 0 heterocycles. The van der Waals surface area contributed by atoms with Gasteiger partial charge in [0.15, 0.2) is 6.61 Å². The normalized spacial score (nSPS) is 11.3. The summed E-state index contributed by atoms with van der Waals surface area (Å²) in [6.07, 6.45) is 3.29. The zero-order valence-electron chi connectivity index (χ0n) is 16.7. The summed E-state index contributed by atoms with van der Waals surface area (Å²) in [5.74, 6) is 0.420. The van der Waals surface area contributed by atoms with E-state index in [0.29, 0.717) is 5.75 Å². The van der Waals surface area contributed by atoms with E-state index in [-0.39, 0.29) is 6.61 Å². The highest BCUT2D eigenvalue weighted by Crippen LogP contribution is 2.30. The van der Waals surface area contributed by atoms with Gasteiger partial charge >= 0.3 is 5.97 Å². The first kappa shape index (κ1) is 22.4. The average Bonchev–Trinajstić information content (AvgIpc) is 2.77. The van der Waals surface area contributed by atoms with E-state index in [1.165, 1.54) is 22.3 Å². The summed E-state index contributed by atoms with van der Waals surface area (Å²) in [5, 5.41) is 8.75. The Bertz CT molecular complexity index is 1030. The molecule has 0 bridgehead atoms. The molecule has 3 aromatic carbocycles. The van der Waals surface area contributed by atoms with Crippen LogP contribution in [-0.4, -0.2) is 23.4 Å². The maximum absolute atomic E-state index is 10.7. The third kappa shape index (κ3) is 6.37. The van der Waals surface area contributed by atoms with Gasteiger partial charge in [-0.15, -0.1) is 11.8 Å². The number of rotatable bonds is 9. The number of halogens is 1. The number of benzene rings is 3. The van der Waals surface area contributed by atoms with Crippen LogP contribution in [0.5, 0.6) is 5.75 Å². The Balaban J connectivity index is 1.79. The summed E-state index contributed by atoms with van der Waals surface area (Å²) >= 11 is 4.02. The average molecular weight is 530 g/mol. The highest BCUT2D eigenvalue weighted by molar-refractivity contribution is 14.1. The Morgan fingerprint density at radius 2 is 1.80 bits per heavy atom. The van der Waals surface area contributed by atoms with Crippen molar-refractivity contribution in [1.82, 2.24) is 0 Å². The minimum absolute atomic E-state index is 0.331. The fourth-order valence-corrected chi connectivity index (χ4v) is 4.77. The van der Waals surface area contributed by atoms with Crippen LogP contribution in [0.15, 0.2) is 83.8 Å². The molecule has 0 radical (unpaired) electrons. The number of hydrogen-bond donors (Lipinski definition) is 1. The van der Waals surface area contributed by atoms with Gasteiger partial charge in [-0.3, -0.25) is 0 Å². The van der Waals surface area contributed by atoms with Crippen molar-refractivity contribution in [2.75, 3.05) is 12.4 Å². The van der Waals surface area contributed by atoms with Gasteiger partial charge in [-0.05, 0) is 69.5 Å². The number of carbonyl (C=O) groups is 1. The molecule has 0 spiro atoms. The van der Waals surface area contributed by atoms with E-state index in [2.05, 4.69) is 84.1 Å². The lowest BCUT2D eigenvalue weighted by atomic mass is 9.96. The molecule has 30 heavy (non-hydrogen) atoms. The van der Waals surface area contributed by atoms with Crippen molar-refractivity contribution in [3.05, 3.63) is 99.1 Å². The number of hydrogen-bond acceptors (Lipinski definition) is 3. The van der Waals surface area contributed by atoms with Crippen LogP contribution in [0.25, 0.3) is 5.57 Å². The SMILES string of the molecule is CCc1cccc(C(=CCSc2ccc(OCC(=O)O)cc2I)c2ccccc2)c1. The Morgan fingerprint density at radius 1 is 1.03 bits per heavy atom. The molecule has 0 aliphatic carbocycles. The van der Waals surface area contributed by atoms with E-state index in [1.807, 2.05) is 24.3 Å². The molecule has 0 unspecified atom stereocenters. The molecule has 1 N–H and O–H groups in total. The van der Waals surface area contributed by atoms with E-state index >= 15 is 0 Å². The molecule has 0 aromatic heterocycles. The molecule has 3 rings (SSSR count). The second-order valence-corrected chi connectivity index (χ2v) is 8.85. The monoisotopic (exact) mass is 530 g/mol. The zero-order chi connectivity index (χ0) is 21.3. The summed E-state index contributed by atoms with van der Waals surface area (Å²) in [4.78, 5) is 11.8. The molecule has 0 saturated carbocycles. The molecule has 5 heteroatoms. The lowest BCUT2D eigenvalue weighted by molar-refractivity contribution is -0.139. The van der Waals surface area contributed by atoms with Crippen molar-refractivity contribution in [2.24, 2.45) is 0 Å². The summed E-state index contributed by atoms with van der Waals surface area (Å²) in [5.41, 5.74) is 5.00. The number of ether oxygens (including phenoxy) is 1. The van der Waals surface area contributed by atoms with Crippen LogP contribution in [0.2, 0.25) is 0 Å². The molecule has 0 aliphatic heterocycles. The van der Waals surface area contributed by atoms with Crippen LogP contribution in [0, 0.1) is 3.57 Å². The molecule has 0 atom stereocenters. The van der Waals surface area contributed by atoms with E-state index in [9.17, 15) is 4.79 Å². The van der Waals surface area contributed by atoms with Crippen LogP contribution in [-0.2, 0) is 11.2 Å². The van der Waals surface area contributed by atoms with Gasteiger partial charge in [-0.1, -0.05) is 67.6 Å². The molecular weight excluding hydrogens is 507 g/mol. The first-order valence-electron chi connectivity index (χ1n) is 9.68. The minimum atomic E-state index is -0.978. The van der Waals surface area contributed by atoms with E-state index in [1.54, 1.807) is 11.8 Å². The summed E-state index contributed by atoms with van der Waals surface area (Å²) in [6.45, 7) is 1.84. The van der Waals surface area contributed by atoms with Gasteiger partial charge in [0, 0.05) is 14.2 Å². The van der Waals surface area contributed by atoms with E-state index < -0.39 is 5.97 Å². The maximum Gasteiger partial charge on any atom is 0.341 e. The van der Waals surface area contributed by atoms with Crippen molar-refractivity contribution in [3.8, 4) is 5.75 Å². The second-order valence-electron chi connectivity index (χ2n) is 6.62. The third-order valence-electron chi connectivity index (χ3n) is 4.52. The number of thioether (sulfide) groups is 1.